The molecule has 0 aliphatic rings. The van der Waals surface area contributed by atoms with Crippen LogP contribution in [-0.2, 0) is 0 Å². The molecule has 0 bridgehead atoms. The quantitative estimate of drug-likeness (QED) is 0.746. The molecule has 0 atom stereocenters. The smallest absolute Gasteiger partial charge is 0.250 e. The molecule has 2 N–H and O–H groups in total. The molecule has 0 radical (unpaired) electrons. The number of carbonyl (C=O) groups is 1. The van der Waals surface area contributed by atoms with Gasteiger partial charge in [-0.3, -0.25) is 4.79 Å². The van der Waals surface area contributed by atoms with Crippen LogP contribution < -0.4 is 5.73 Å². The molecule has 0 saturated carbocycles. The van der Waals surface area contributed by atoms with Gasteiger partial charge in [0, 0.05) is 15.2 Å². The molecule has 3 rings (SSSR count). The number of para-hydroxylation sites is 1. The second kappa shape index (κ2) is 3.60. The third kappa shape index (κ3) is 1.45. The maximum Gasteiger partial charge on any atom is 0.250 e. The second-order valence-corrected chi connectivity index (χ2v) is 4.61. The summed E-state index contributed by atoms with van der Waals surface area (Å²) in [5.74, 6) is -0.464. The molecule has 0 fully saturated rings. The summed E-state index contributed by atoms with van der Waals surface area (Å²) in [6.45, 7) is 0. The summed E-state index contributed by atoms with van der Waals surface area (Å²) < 4.78 is 6.35. The largest absolute Gasteiger partial charge is 0.456 e. The highest BCUT2D eigenvalue weighted by atomic mass is 79.9. The minimum absolute atomic E-state index is 0.464. The van der Waals surface area contributed by atoms with Gasteiger partial charge in [-0.2, -0.15) is 0 Å². The van der Waals surface area contributed by atoms with Crippen LogP contribution >= 0.6 is 15.9 Å². The zero-order valence-corrected chi connectivity index (χ0v) is 10.3. The van der Waals surface area contributed by atoms with E-state index in [1.807, 2.05) is 30.3 Å². The van der Waals surface area contributed by atoms with Crippen molar-refractivity contribution in [3.8, 4) is 0 Å². The van der Waals surface area contributed by atoms with Crippen LogP contribution in [0.2, 0.25) is 0 Å². The number of benzene rings is 2. The van der Waals surface area contributed by atoms with Crippen LogP contribution in [0.25, 0.3) is 21.9 Å². The number of furan rings is 1. The van der Waals surface area contributed by atoms with Crippen LogP contribution in [0.4, 0.5) is 0 Å². The van der Waals surface area contributed by atoms with Gasteiger partial charge in [0.2, 0.25) is 0 Å². The second-order valence-electron chi connectivity index (χ2n) is 3.76. The Hall–Kier alpha value is -1.81. The molecule has 0 aliphatic heterocycles. The predicted octanol–water partition coefficient (Wildman–Crippen LogP) is 3.45. The molecule has 1 amide bonds. The average molecular weight is 290 g/mol. The van der Waals surface area contributed by atoms with Gasteiger partial charge >= 0.3 is 0 Å². The van der Waals surface area contributed by atoms with Crippen molar-refractivity contribution < 1.29 is 9.21 Å². The minimum atomic E-state index is -0.464. The van der Waals surface area contributed by atoms with Gasteiger partial charge in [-0.25, -0.2) is 0 Å². The van der Waals surface area contributed by atoms with Crippen molar-refractivity contribution in [3.05, 3.63) is 46.4 Å². The Balaban J connectivity index is 2.60. The Kier molecular flexibility index (Phi) is 2.19. The van der Waals surface area contributed by atoms with E-state index in [2.05, 4.69) is 15.9 Å². The number of carbonyl (C=O) groups excluding carboxylic acids is 1. The van der Waals surface area contributed by atoms with E-state index in [9.17, 15) is 4.79 Å². The first-order chi connectivity index (χ1) is 8.18. The highest BCUT2D eigenvalue weighted by Gasteiger charge is 2.16. The highest BCUT2D eigenvalue weighted by molar-refractivity contribution is 9.10. The Morgan fingerprint density at radius 2 is 1.88 bits per heavy atom. The lowest BCUT2D eigenvalue weighted by Gasteiger charge is -2.01. The first kappa shape index (κ1) is 10.4. The fourth-order valence-electron chi connectivity index (χ4n) is 2.03. The van der Waals surface area contributed by atoms with Crippen LogP contribution in [0.1, 0.15) is 10.4 Å². The normalized spacial score (nSPS) is 11.1. The topological polar surface area (TPSA) is 56.2 Å². The van der Waals surface area contributed by atoms with Crippen molar-refractivity contribution in [2.45, 2.75) is 0 Å². The Morgan fingerprint density at radius 1 is 1.12 bits per heavy atom. The van der Waals surface area contributed by atoms with Crippen molar-refractivity contribution in [2.24, 2.45) is 5.73 Å². The van der Waals surface area contributed by atoms with E-state index in [0.29, 0.717) is 15.6 Å². The van der Waals surface area contributed by atoms with E-state index in [4.69, 9.17) is 10.2 Å². The van der Waals surface area contributed by atoms with Crippen LogP contribution in [0, 0.1) is 0 Å². The van der Waals surface area contributed by atoms with E-state index in [1.54, 1.807) is 6.07 Å². The third-order valence-electron chi connectivity index (χ3n) is 2.74. The number of fused-ring (bicyclic) bond motifs is 3. The first-order valence-electron chi connectivity index (χ1n) is 5.08. The number of amides is 1. The van der Waals surface area contributed by atoms with Gasteiger partial charge in [0.1, 0.15) is 11.2 Å². The summed E-state index contributed by atoms with van der Waals surface area (Å²) in [6.07, 6.45) is 0. The highest BCUT2D eigenvalue weighted by Crippen LogP contribution is 2.34. The van der Waals surface area contributed by atoms with Gasteiger partial charge in [0.15, 0.2) is 0 Å². The van der Waals surface area contributed by atoms with Crippen LogP contribution in [0.5, 0.6) is 0 Å². The van der Waals surface area contributed by atoms with Gasteiger partial charge in [0.25, 0.3) is 5.91 Å². The van der Waals surface area contributed by atoms with Crippen LogP contribution in [0.3, 0.4) is 0 Å². The number of hydrogen-bond donors (Lipinski definition) is 1. The SMILES string of the molecule is NC(=O)c1c(Br)ccc2oc3ccccc3c12. The number of primary amides is 1. The predicted molar refractivity (Wildman–Crippen MR) is 69.9 cm³/mol. The molecule has 2 aromatic carbocycles. The zero-order chi connectivity index (χ0) is 12.0. The van der Waals surface area contributed by atoms with Crippen molar-refractivity contribution >= 4 is 43.8 Å². The van der Waals surface area contributed by atoms with E-state index in [1.165, 1.54) is 0 Å². The Bertz CT molecular complexity index is 746. The van der Waals surface area contributed by atoms with Crippen LogP contribution in [-0.4, -0.2) is 5.91 Å². The third-order valence-corrected chi connectivity index (χ3v) is 3.40. The minimum Gasteiger partial charge on any atom is -0.456 e. The average Bonchev–Trinajstić information content (AvgIpc) is 2.67. The number of rotatable bonds is 1. The van der Waals surface area contributed by atoms with Gasteiger partial charge in [-0.05, 0) is 34.1 Å². The summed E-state index contributed by atoms with van der Waals surface area (Å²) in [5, 5.41) is 1.67. The summed E-state index contributed by atoms with van der Waals surface area (Å²) in [4.78, 5) is 11.5. The van der Waals surface area contributed by atoms with Gasteiger partial charge in [0.05, 0.1) is 5.56 Å². The molecule has 4 heteroatoms. The van der Waals surface area contributed by atoms with Crippen molar-refractivity contribution in [1.29, 1.82) is 0 Å². The van der Waals surface area contributed by atoms with E-state index in [-0.39, 0.29) is 0 Å². The summed E-state index contributed by atoms with van der Waals surface area (Å²) >= 11 is 3.35. The summed E-state index contributed by atoms with van der Waals surface area (Å²) in [6, 6.07) is 11.2. The molecule has 0 spiro atoms. The molecule has 1 heterocycles. The molecular formula is C13H8BrNO2. The van der Waals surface area contributed by atoms with Gasteiger partial charge in [-0.1, -0.05) is 18.2 Å². The van der Waals surface area contributed by atoms with E-state index in [0.717, 1.165) is 16.4 Å². The summed E-state index contributed by atoms with van der Waals surface area (Å²) in [7, 11) is 0. The molecule has 84 valence electrons. The van der Waals surface area contributed by atoms with Gasteiger partial charge in [-0.15, -0.1) is 0 Å². The molecule has 17 heavy (non-hydrogen) atoms. The zero-order valence-electron chi connectivity index (χ0n) is 8.74. The van der Waals surface area contributed by atoms with Crippen molar-refractivity contribution in [3.63, 3.8) is 0 Å². The molecule has 0 aliphatic carbocycles. The molecule has 0 saturated heterocycles. The lowest BCUT2D eigenvalue weighted by atomic mass is 10.1. The molecule has 0 unspecified atom stereocenters. The number of hydrogen-bond acceptors (Lipinski definition) is 2. The monoisotopic (exact) mass is 289 g/mol. The first-order valence-corrected chi connectivity index (χ1v) is 5.87. The maximum absolute atomic E-state index is 11.5. The lowest BCUT2D eigenvalue weighted by Crippen LogP contribution is -2.12. The van der Waals surface area contributed by atoms with E-state index >= 15 is 0 Å². The van der Waals surface area contributed by atoms with Crippen molar-refractivity contribution in [2.75, 3.05) is 0 Å². The Morgan fingerprint density at radius 3 is 2.65 bits per heavy atom. The molecule has 3 aromatic rings. The summed E-state index contributed by atoms with van der Waals surface area (Å²) in [5.41, 5.74) is 7.31. The number of halogens is 1. The fourth-order valence-corrected chi connectivity index (χ4v) is 2.56. The van der Waals surface area contributed by atoms with Gasteiger partial charge < -0.3 is 10.2 Å². The number of nitrogens with two attached hydrogens (primary N) is 1. The fraction of sp³-hybridized carbons (Fsp3) is 0. The lowest BCUT2D eigenvalue weighted by molar-refractivity contribution is 0.100. The Labute approximate surface area is 105 Å². The van der Waals surface area contributed by atoms with Crippen LogP contribution in [0.15, 0.2) is 45.3 Å². The maximum atomic E-state index is 11.5. The molecule has 3 nitrogen and oxygen atoms in total. The van der Waals surface area contributed by atoms with E-state index < -0.39 is 5.91 Å². The van der Waals surface area contributed by atoms with Crippen molar-refractivity contribution in [1.82, 2.24) is 0 Å². The molecule has 1 aromatic heterocycles. The molecular weight excluding hydrogens is 282 g/mol. The standard InChI is InChI=1S/C13H8BrNO2/c14-8-5-6-10-11(12(8)13(15)16)7-3-1-2-4-9(7)17-10/h1-6H,(H2,15,16).